The minimum Gasteiger partial charge on any atom is -0.410 e. The molecule has 1 atom stereocenters. The van der Waals surface area contributed by atoms with Gasteiger partial charge in [-0.05, 0) is 48.2 Å². The number of nitrogens with zero attached hydrogens (tertiary/aromatic N) is 3. The number of benzene rings is 2. The van der Waals surface area contributed by atoms with Gasteiger partial charge < -0.3 is 15.4 Å². The third kappa shape index (κ3) is 4.28. The van der Waals surface area contributed by atoms with Crippen molar-refractivity contribution in [3.63, 3.8) is 0 Å². The molecule has 0 unspecified atom stereocenters. The van der Waals surface area contributed by atoms with E-state index >= 15 is 0 Å². The zero-order chi connectivity index (χ0) is 24.5. The molecular weight excluding hydrogens is 440 g/mol. The van der Waals surface area contributed by atoms with Crippen molar-refractivity contribution >= 4 is 39.7 Å². The van der Waals surface area contributed by atoms with Crippen LogP contribution in [0.4, 0.5) is 16.2 Å². The van der Waals surface area contributed by atoms with E-state index in [1.165, 1.54) is 6.92 Å². The number of hydrogen-bond donors (Lipinski definition) is 1. The molecule has 5 rings (SSSR count). The highest BCUT2D eigenvalue weighted by Gasteiger charge is 2.35. The lowest BCUT2D eigenvalue weighted by Gasteiger charge is -2.40. The van der Waals surface area contributed by atoms with Crippen molar-refractivity contribution in [2.75, 3.05) is 16.3 Å². The molecule has 2 N–H and O–H groups in total. The summed E-state index contributed by atoms with van der Waals surface area (Å²) in [6, 6.07) is 12.8. The van der Waals surface area contributed by atoms with Gasteiger partial charge in [-0.3, -0.25) is 14.7 Å². The third-order valence-electron chi connectivity index (χ3n) is 6.29. The number of allylic oxidation sites excluding steroid dienone is 5. The van der Waals surface area contributed by atoms with Gasteiger partial charge in [0.25, 0.3) is 0 Å². The molecule has 0 radical (unpaired) electrons. The van der Waals surface area contributed by atoms with Crippen LogP contribution in [0.5, 0.6) is 5.75 Å². The number of carbonyl (C=O) groups excluding carboxylic acids is 2. The summed E-state index contributed by atoms with van der Waals surface area (Å²) >= 11 is 0. The molecule has 7 nitrogen and oxygen atoms in total. The van der Waals surface area contributed by atoms with E-state index in [1.54, 1.807) is 34.3 Å². The van der Waals surface area contributed by atoms with Crippen molar-refractivity contribution < 1.29 is 14.3 Å². The average Bonchev–Trinajstić information content (AvgIpc) is 3.07. The number of fused-ring (bicyclic) bond motifs is 2. The summed E-state index contributed by atoms with van der Waals surface area (Å²) in [7, 11) is 0. The van der Waals surface area contributed by atoms with Gasteiger partial charge in [0, 0.05) is 48.9 Å². The number of nitrogens with two attached hydrogens (primary N) is 1. The minimum atomic E-state index is -0.512. The largest absolute Gasteiger partial charge is 0.419 e. The first-order valence-corrected chi connectivity index (χ1v) is 11.5. The van der Waals surface area contributed by atoms with Crippen LogP contribution in [0.15, 0.2) is 84.9 Å². The van der Waals surface area contributed by atoms with E-state index in [0.29, 0.717) is 30.1 Å². The molecule has 2 amide bonds. The SMILES string of the molecule is CC(=O)N1c2ccc(C3=C(N)CC=CC=C3)cc2N(C(=O)Oc2ccc3ccncc3c2)C[C@@H]1C. The number of aromatic nitrogens is 1. The second-order valence-corrected chi connectivity index (χ2v) is 8.74. The van der Waals surface area contributed by atoms with Crippen molar-refractivity contribution in [3.8, 4) is 5.75 Å². The van der Waals surface area contributed by atoms with Crippen molar-refractivity contribution in [2.24, 2.45) is 5.73 Å². The summed E-state index contributed by atoms with van der Waals surface area (Å²) in [5.74, 6) is 0.346. The quantitative estimate of drug-likeness (QED) is 0.562. The smallest absolute Gasteiger partial charge is 0.410 e. The van der Waals surface area contributed by atoms with Crippen molar-refractivity contribution in [3.05, 3.63) is 90.4 Å². The molecule has 0 spiro atoms. The van der Waals surface area contributed by atoms with Gasteiger partial charge in [-0.2, -0.15) is 0 Å². The molecule has 2 heterocycles. The van der Waals surface area contributed by atoms with Gasteiger partial charge in [-0.25, -0.2) is 4.79 Å². The fourth-order valence-corrected chi connectivity index (χ4v) is 4.65. The molecule has 0 saturated carbocycles. The molecule has 7 heteroatoms. The number of hydrogen-bond acceptors (Lipinski definition) is 5. The predicted molar refractivity (Wildman–Crippen MR) is 138 cm³/mol. The standard InChI is InChI=1S/C28H26N4O3/c1-18-17-31(28(34)35-23-10-8-20-12-13-30-16-22(20)14-23)27-15-21(9-11-26(27)32(18)19(2)33)24-6-4-3-5-7-25(24)29/h3-6,8-16,18H,7,17,29H2,1-2H3/t18-/m0/s1. The zero-order valence-corrected chi connectivity index (χ0v) is 19.6. The maximum atomic E-state index is 13.4. The van der Waals surface area contributed by atoms with Crippen LogP contribution in [0.2, 0.25) is 0 Å². The van der Waals surface area contributed by atoms with Crippen LogP contribution < -0.4 is 20.3 Å². The molecule has 0 bridgehead atoms. The predicted octanol–water partition coefficient (Wildman–Crippen LogP) is 5.18. The monoisotopic (exact) mass is 466 g/mol. The summed E-state index contributed by atoms with van der Waals surface area (Å²) in [5, 5.41) is 1.89. The molecule has 176 valence electrons. The van der Waals surface area contributed by atoms with Gasteiger partial charge in [0.2, 0.25) is 5.91 Å². The molecule has 1 aromatic heterocycles. The van der Waals surface area contributed by atoms with Crippen molar-refractivity contribution in [2.45, 2.75) is 26.3 Å². The van der Waals surface area contributed by atoms with Crippen LogP contribution in [-0.4, -0.2) is 29.6 Å². The molecule has 35 heavy (non-hydrogen) atoms. The maximum Gasteiger partial charge on any atom is 0.419 e. The Morgan fingerprint density at radius 2 is 1.91 bits per heavy atom. The summed E-state index contributed by atoms with van der Waals surface area (Å²) < 4.78 is 5.78. The average molecular weight is 467 g/mol. The van der Waals surface area contributed by atoms with Crippen LogP contribution in [-0.2, 0) is 4.79 Å². The highest BCUT2D eigenvalue weighted by molar-refractivity contribution is 6.03. The Balaban J connectivity index is 1.54. The van der Waals surface area contributed by atoms with Gasteiger partial charge in [-0.1, -0.05) is 36.4 Å². The number of rotatable bonds is 2. The van der Waals surface area contributed by atoms with Gasteiger partial charge in [0.05, 0.1) is 17.4 Å². The van der Waals surface area contributed by atoms with E-state index < -0.39 is 6.09 Å². The molecule has 0 saturated heterocycles. The van der Waals surface area contributed by atoms with Crippen LogP contribution in [0, 0.1) is 0 Å². The second kappa shape index (κ2) is 9.10. The first kappa shape index (κ1) is 22.4. The normalized spacial score (nSPS) is 17.4. The van der Waals surface area contributed by atoms with Crippen LogP contribution in [0.1, 0.15) is 25.8 Å². The summed E-state index contributed by atoms with van der Waals surface area (Å²) in [6.07, 6.45) is 11.4. The Hall–Kier alpha value is -4.39. The van der Waals surface area contributed by atoms with E-state index in [4.69, 9.17) is 10.5 Å². The molecule has 2 aliphatic rings. The lowest BCUT2D eigenvalue weighted by molar-refractivity contribution is -0.117. The molecule has 3 aromatic rings. The maximum absolute atomic E-state index is 13.4. The highest BCUT2D eigenvalue weighted by atomic mass is 16.6. The summed E-state index contributed by atoms with van der Waals surface area (Å²) in [6.45, 7) is 3.75. The van der Waals surface area contributed by atoms with E-state index in [2.05, 4.69) is 4.98 Å². The van der Waals surface area contributed by atoms with Crippen LogP contribution in [0.25, 0.3) is 16.3 Å². The van der Waals surface area contributed by atoms with E-state index in [9.17, 15) is 9.59 Å². The topological polar surface area (TPSA) is 88.8 Å². The zero-order valence-electron chi connectivity index (χ0n) is 19.6. The second-order valence-electron chi connectivity index (χ2n) is 8.74. The van der Waals surface area contributed by atoms with E-state index in [1.807, 2.05) is 61.6 Å². The fourth-order valence-electron chi connectivity index (χ4n) is 4.65. The molecule has 1 aliphatic carbocycles. The first-order valence-electron chi connectivity index (χ1n) is 11.5. The van der Waals surface area contributed by atoms with Gasteiger partial charge in [0.1, 0.15) is 5.75 Å². The third-order valence-corrected chi connectivity index (χ3v) is 6.29. The van der Waals surface area contributed by atoms with Gasteiger partial charge in [0.15, 0.2) is 0 Å². The number of carbonyl (C=O) groups is 2. The van der Waals surface area contributed by atoms with E-state index in [-0.39, 0.29) is 11.9 Å². The summed E-state index contributed by atoms with van der Waals surface area (Å²) in [5.41, 5.74) is 10.1. The van der Waals surface area contributed by atoms with E-state index in [0.717, 1.165) is 27.6 Å². The Morgan fingerprint density at radius 3 is 2.74 bits per heavy atom. The fraction of sp³-hybridized carbons (Fsp3) is 0.179. The van der Waals surface area contributed by atoms with Gasteiger partial charge in [-0.15, -0.1) is 0 Å². The Morgan fingerprint density at radius 1 is 1.06 bits per heavy atom. The first-order chi connectivity index (χ1) is 16.9. The molecular formula is C28H26N4O3. The molecule has 0 fully saturated rings. The van der Waals surface area contributed by atoms with Crippen molar-refractivity contribution in [1.29, 1.82) is 0 Å². The lowest BCUT2D eigenvalue weighted by atomic mass is 9.98. The molecule has 1 aliphatic heterocycles. The summed E-state index contributed by atoms with van der Waals surface area (Å²) in [4.78, 5) is 33.3. The highest BCUT2D eigenvalue weighted by Crippen LogP contribution is 2.39. The Kier molecular flexibility index (Phi) is 5.82. The number of anilines is 2. The van der Waals surface area contributed by atoms with Crippen molar-refractivity contribution in [1.82, 2.24) is 4.98 Å². The number of pyridine rings is 1. The van der Waals surface area contributed by atoms with Gasteiger partial charge >= 0.3 is 6.09 Å². The lowest BCUT2D eigenvalue weighted by Crippen LogP contribution is -2.52. The number of ether oxygens (including phenoxy) is 1. The number of amides is 2. The Labute approximate surface area is 203 Å². The van der Waals surface area contributed by atoms with Crippen LogP contribution in [0.3, 0.4) is 0 Å². The van der Waals surface area contributed by atoms with Crippen LogP contribution >= 0.6 is 0 Å². The molecule has 2 aromatic carbocycles. The minimum absolute atomic E-state index is 0.0844. The Bertz CT molecular complexity index is 1420.